The van der Waals surface area contributed by atoms with Crippen LogP contribution >= 0.6 is 0 Å². The van der Waals surface area contributed by atoms with Crippen molar-refractivity contribution in [2.45, 2.75) is 39.3 Å². The number of H-pyrrole nitrogens is 1. The fraction of sp³-hybridized carbons (Fsp3) is 0.261. The lowest BCUT2D eigenvalue weighted by Gasteiger charge is -2.20. The summed E-state index contributed by atoms with van der Waals surface area (Å²) < 4.78 is 24.7. The van der Waals surface area contributed by atoms with E-state index < -0.39 is 34.8 Å². The monoisotopic (exact) mass is 467 g/mol. The number of carbonyl (C=O) groups is 1. The van der Waals surface area contributed by atoms with Crippen LogP contribution in [0.4, 0.5) is 9.18 Å². The maximum absolute atomic E-state index is 13.2. The Morgan fingerprint density at radius 1 is 1.18 bits per heavy atom. The third-order valence-electron chi connectivity index (χ3n) is 4.79. The van der Waals surface area contributed by atoms with E-state index in [0.717, 1.165) is 4.57 Å². The van der Waals surface area contributed by atoms with Gasteiger partial charge >= 0.3 is 11.8 Å². The summed E-state index contributed by atoms with van der Waals surface area (Å²) in [4.78, 5) is 44.4. The minimum absolute atomic E-state index is 0.137. The van der Waals surface area contributed by atoms with Gasteiger partial charge in [0, 0.05) is 5.56 Å². The largest absolute Gasteiger partial charge is 0.444 e. The zero-order valence-corrected chi connectivity index (χ0v) is 18.9. The number of hydrogen-bond donors (Lipinski definition) is 2. The molecular formula is C23H22FN5O5. The molecule has 2 N–H and O–H groups in total. The molecule has 11 heteroatoms. The molecule has 2 aromatic carbocycles. The first kappa shape index (κ1) is 22.9. The third-order valence-corrected chi connectivity index (χ3v) is 4.79. The van der Waals surface area contributed by atoms with Gasteiger partial charge in [-0.1, -0.05) is 5.16 Å². The standard InChI is InChI=1S/C23H22FN5O5/c1-12(25-22(32)33-23(2,3)4)18-27-19(34-28-18)13-5-10-16-17(11-13)26-21(31)29(20(16)30)15-8-6-14(24)7-9-15/h5-12H,1-4H3,(H,25,32)(H,26,31). The number of benzene rings is 2. The molecule has 1 atom stereocenters. The quantitative estimate of drug-likeness (QED) is 0.470. The molecule has 0 fully saturated rings. The van der Waals surface area contributed by atoms with Gasteiger partial charge in [0.05, 0.1) is 22.6 Å². The third kappa shape index (κ3) is 4.72. The Labute approximate surface area is 192 Å². The van der Waals surface area contributed by atoms with Crippen molar-refractivity contribution in [3.8, 4) is 17.1 Å². The molecule has 176 valence electrons. The Bertz CT molecular complexity index is 1480. The maximum Gasteiger partial charge on any atom is 0.408 e. The number of hydrogen-bond acceptors (Lipinski definition) is 7. The molecule has 2 heterocycles. The molecule has 0 saturated carbocycles. The van der Waals surface area contributed by atoms with Gasteiger partial charge in [0.1, 0.15) is 11.4 Å². The SMILES string of the molecule is CC(NC(=O)OC(C)(C)C)c1noc(-c2ccc3c(=O)n(-c4ccc(F)cc4)c(=O)[nH]c3c2)n1. The summed E-state index contributed by atoms with van der Waals surface area (Å²) in [6.45, 7) is 6.93. The topological polar surface area (TPSA) is 132 Å². The highest BCUT2D eigenvalue weighted by Gasteiger charge is 2.21. The van der Waals surface area contributed by atoms with Crippen LogP contribution in [-0.2, 0) is 4.74 Å². The highest BCUT2D eigenvalue weighted by molar-refractivity contribution is 5.82. The predicted octanol–water partition coefficient (Wildman–Crippen LogP) is 3.45. The molecule has 1 amide bonds. The molecule has 0 saturated heterocycles. The number of halogens is 1. The normalized spacial score (nSPS) is 12.5. The lowest BCUT2D eigenvalue weighted by molar-refractivity contribution is 0.0505. The van der Waals surface area contributed by atoms with Gasteiger partial charge in [-0.2, -0.15) is 4.98 Å². The van der Waals surface area contributed by atoms with E-state index in [1.54, 1.807) is 33.8 Å². The van der Waals surface area contributed by atoms with E-state index in [9.17, 15) is 18.8 Å². The van der Waals surface area contributed by atoms with E-state index in [-0.39, 0.29) is 28.3 Å². The molecule has 2 aromatic heterocycles. The number of carbonyl (C=O) groups excluding carboxylic acids is 1. The Balaban J connectivity index is 1.63. The summed E-state index contributed by atoms with van der Waals surface area (Å²) in [5, 5.41) is 6.76. The minimum atomic E-state index is -0.678. The van der Waals surface area contributed by atoms with Crippen molar-refractivity contribution in [3.63, 3.8) is 0 Å². The van der Waals surface area contributed by atoms with Crippen LogP contribution in [0.3, 0.4) is 0 Å². The summed E-state index contributed by atoms with van der Waals surface area (Å²) in [5.74, 6) is -0.118. The number of aromatic amines is 1. The zero-order chi connectivity index (χ0) is 24.6. The van der Waals surface area contributed by atoms with Gasteiger partial charge in [-0.15, -0.1) is 0 Å². The molecule has 4 rings (SSSR count). The molecule has 0 radical (unpaired) electrons. The molecule has 34 heavy (non-hydrogen) atoms. The molecule has 0 bridgehead atoms. The van der Waals surface area contributed by atoms with Crippen molar-refractivity contribution in [1.82, 2.24) is 25.0 Å². The lowest BCUT2D eigenvalue weighted by Crippen LogP contribution is -2.34. The number of aromatic nitrogens is 4. The average Bonchev–Trinajstić information content (AvgIpc) is 3.24. The van der Waals surface area contributed by atoms with Gasteiger partial charge in [-0.05, 0) is 70.2 Å². The fourth-order valence-electron chi connectivity index (χ4n) is 3.25. The molecule has 0 aliphatic heterocycles. The molecular weight excluding hydrogens is 445 g/mol. The summed E-state index contributed by atoms with van der Waals surface area (Å²) in [5.41, 5.74) is -0.910. The fourth-order valence-corrected chi connectivity index (χ4v) is 3.25. The van der Waals surface area contributed by atoms with Crippen molar-refractivity contribution in [2.24, 2.45) is 0 Å². The maximum atomic E-state index is 13.2. The summed E-state index contributed by atoms with van der Waals surface area (Å²) >= 11 is 0. The molecule has 0 aliphatic carbocycles. The zero-order valence-electron chi connectivity index (χ0n) is 18.9. The Kier molecular flexibility index (Phi) is 5.78. The van der Waals surface area contributed by atoms with Gasteiger partial charge in [-0.25, -0.2) is 18.5 Å². The Morgan fingerprint density at radius 2 is 1.88 bits per heavy atom. The highest BCUT2D eigenvalue weighted by Crippen LogP contribution is 2.22. The first-order valence-corrected chi connectivity index (χ1v) is 10.4. The highest BCUT2D eigenvalue weighted by atomic mass is 19.1. The van der Waals surface area contributed by atoms with E-state index in [4.69, 9.17) is 9.26 Å². The van der Waals surface area contributed by atoms with Crippen LogP contribution in [0.15, 0.2) is 56.6 Å². The van der Waals surface area contributed by atoms with Gasteiger partial charge in [0.15, 0.2) is 5.82 Å². The van der Waals surface area contributed by atoms with E-state index >= 15 is 0 Å². The summed E-state index contributed by atoms with van der Waals surface area (Å²) in [6, 6.07) is 9.10. The van der Waals surface area contributed by atoms with Crippen LogP contribution in [0.2, 0.25) is 0 Å². The van der Waals surface area contributed by atoms with Crippen molar-refractivity contribution in [2.75, 3.05) is 0 Å². The lowest BCUT2D eigenvalue weighted by atomic mass is 10.1. The Hall–Kier alpha value is -4.28. The van der Waals surface area contributed by atoms with Crippen LogP contribution < -0.4 is 16.6 Å². The van der Waals surface area contributed by atoms with Crippen molar-refractivity contribution in [3.05, 3.63) is 74.9 Å². The van der Waals surface area contributed by atoms with Gasteiger partial charge < -0.3 is 19.6 Å². The van der Waals surface area contributed by atoms with Crippen LogP contribution in [0.25, 0.3) is 28.0 Å². The summed E-state index contributed by atoms with van der Waals surface area (Å²) in [7, 11) is 0. The molecule has 1 unspecified atom stereocenters. The predicted molar refractivity (Wildman–Crippen MR) is 121 cm³/mol. The van der Waals surface area contributed by atoms with Gasteiger partial charge in [0.25, 0.3) is 11.4 Å². The minimum Gasteiger partial charge on any atom is -0.444 e. The number of nitrogens with one attached hydrogen (secondary N) is 2. The van der Waals surface area contributed by atoms with Gasteiger partial charge in [0.2, 0.25) is 0 Å². The molecule has 0 aliphatic rings. The van der Waals surface area contributed by atoms with E-state index in [1.807, 2.05) is 0 Å². The van der Waals surface area contributed by atoms with Crippen LogP contribution in [0.5, 0.6) is 0 Å². The smallest absolute Gasteiger partial charge is 0.408 e. The van der Waals surface area contributed by atoms with E-state index in [2.05, 4.69) is 20.4 Å². The number of amides is 1. The molecule has 10 nitrogen and oxygen atoms in total. The first-order chi connectivity index (χ1) is 16.0. The van der Waals surface area contributed by atoms with Crippen molar-refractivity contribution >= 4 is 17.0 Å². The van der Waals surface area contributed by atoms with Crippen LogP contribution in [0, 0.1) is 5.82 Å². The Morgan fingerprint density at radius 3 is 2.56 bits per heavy atom. The van der Waals surface area contributed by atoms with Crippen molar-refractivity contribution in [1.29, 1.82) is 0 Å². The number of nitrogens with zero attached hydrogens (tertiary/aromatic N) is 3. The van der Waals surface area contributed by atoms with Crippen molar-refractivity contribution < 1.29 is 18.4 Å². The van der Waals surface area contributed by atoms with Gasteiger partial charge in [-0.3, -0.25) is 4.79 Å². The number of fused-ring (bicyclic) bond motifs is 1. The van der Waals surface area contributed by atoms with Crippen LogP contribution in [0.1, 0.15) is 39.6 Å². The van der Waals surface area contributed by atoms with E-state index in [0.29, 0.717) is 5.56 Å². The first-order valence-electron chi connectivity index (χ1n) is 10.4. The second-order valence-corrected chi connectivity index (χ2v) is 8.63. The second kappa shape index (κ2) is 8.58. The van der Waals surface area contributed by atoms with E-state index in [1.165, 1.54) is 36.4 Å². The number of ether oxygens (including phenoxy) is 1. The second-order valence-electron chi connectivity index (χ2n) is 8.63. The average molecular weight is 467 g/mol. The molecule has 0 spiro atoms. The summed E-state index contributed by atoms with van der Waals surface area (Å²) in [6.07, 6.45) is -0.618. The molecule has 4 aromatic rings. The number of alkyl carbamates (subject to hydrolysis) is 1. The number of rotatable bonds is 4. The van der Waals surface area contributed by atoms with Crippen LogP contribution in [-0.4, -0.2) is 31.4 Å².